The monoisotopic (exact) mass is 807 g/mol. The molecule has 3 aromatic heterocycles. The van der Waals surface area contributed by atoms with Gasteiger partial charge in [-0.2, -0.15) is 0 Å². The van der Waals surface area contributed by atoms with E-state index in [4.69, 9.17) is 9.47 Å². The zero-order chi connectivity index (χ0) is 42.7. The van der Waals surface area contributed by atoms with Crippen LogP contribution in [0.3, 0.4) is 0 Å². The van der Waals surface area contributed by atoms with Gasteiger partial charge in [0.15, 0.2) is 0 Å². The Bertz CT molecular complexity index is 2260. The van der Waals surface area contributed by atoms with Gasteiger partial charge in [0.25, 0.3) is 0 Å². The molecule has 3 aliphatic rings. The van der Waals surface area contributed by atoms with Crippen LogP contribution in [0.2, 0.25) is 0 Å². The van der Waals surface area contributed by atoms with Crippen LogP contribution < -0.4 is 16.0 Å². The highest BCUT2D eigenvalue weighted by atomic mass is 16.5. The first-order chi connectivity index (χ1) is 28.2. The summed E-state index contributed by atoms with van der Waals surface area (Å²) in [6.45, 7) is 22.2. The molecule has 5 N–H and O–H groups in total. The summed E-state index contributed by atoms with van der Waals surface area (Å²) >= 11 is 0. The average molecular weight is 807 g/mol. The zero-order valence-corrected chi connectivity index (χ0v) is 37.6. The maximum absolute atomic E-state index is 13.6. The van der Waals surface area contributed by atoms with Gasteiger partial charge >= 0.3 is 11.9 Å². The third-order valence-electron chi connectivity index (χ3n) is 13.6. The number of carbonyl (C=O) groups is 2. The van der Waals surface area contributed by atoms with E-state index < -0.39 is 18.0 Å². The number of aromatic nitrogens is 3. The highest BCUT2D eigenvalue weighted by molar-refractivity contribution is 5.95. The molecule has 0 spiro atoms. The maximum atomic E-state index is 13.6. The van der Waals surface area contributed by atoms with E-state index in [1.165, 1.54) is 60.6 Å². The van der Waals surface area contributed by atoms with Crippen LogP contribution in [-0.2, 0) is 31.9 Å². The topological polar surface area (TPSA) is 132 Å². The number of rotatable bonds is 16. The van der Waals surface area contributed by atoms with Gasteiger partial charge in [0.2, 0.25) is 0 Å². The van der Waals surface area contributed by atoms with E-state index in [0.29, 0.717) is 17.6 Å². The number of ether oxygens (including phenoxy) is 2. The molecule has 59 heavy (non-hydrogen) atoms. The summed E-state index contributed by atoms with van der Waals surface area (Å²) < 4.78 is 11.1. The molecule has 0 unspecified atom stereocenters. The number of allylic oxidation sites excluding steroid dienone is 3. The summed E-state index contributed by atoms with van der Waals surface area (Å²) in [5, 5.41) is 17.8. The molecule has 320 valence electrons. The second-order valence-corrected chi connectivity index (χ2v) is 18.0. The molecule has 3 aromatic rings. The van der Waals surface area contributed by atoms with Crippen LogP contribution in [0.15, 0.2) is 23.0 Å². The smallest absolute Gasteiger partial charge is 0.316 e. The van der Waals surface area contributed by atoms with E-state index >= 15 is 0 Å². The van der Waals surface area contributed by atoms with Crippen molar-refractivity contribution in [1.29, 1.82) is 0 Å². The van der Waals surface area contributed by atoms with Crippen molar-refractivity contribution in [3.8, 4) is 0 Å². The molecule has 1 fully saturated rings. The van der Waals surface area contributed by atoms with E-state index in [9.17, 15) is 14.7 Å². The Balaban J connectivity index is 1.33. The van der Waals surface area contributed by atoms with Crippen molar-refractivity contribution in [3.63, 3.8) is 0 Å². The van der Waals surface area contributed by atoms with Crippen LogP contribution in [0.4, 0.5) is 0 Å². The summed E-state index contributed by atoms with van der Waals surface area (Å²) in [5.74, 6) is -0.363. The number of H-pyrrole nitrogens is 3. The normalized spacial score (nSPS) is 23.6. The second-order valence-electron chi connectivity index (χ2n) is 18.0. The quantitative estimate of drug-likeness (QED) is 0.0726. The molecule has 0 amide bonds. The first-order valence-corrected chi connectivity index (χ1v) is 22.3. The molecule has 0 saturated carbocycles. The highest BCUT2D eigenvalue weighted by Crippen LogP contribution is 2.52. The summed E-state index contributed by atoms with van der Waals surface area (Å²) in [6.07, 6.45) is 17.2. The molecule has 1 saturated heterocycles. The number of esters is 2. The van der Waals surface area contributed by atoms with Crippen molar-refractivity contribution in [2.75, 3.05) is 13.7 Å². The fourth-order valence-corrected chi connectivity index (χ4v) is 9.89. The predicted molar refractivity (Wildman–Crippen MR) is 239 cm³/mol. The average Bonchev–Trinajstić information content (AvgIpc) is 3.94. The molecule has 0 radical (unpaired) electrons. The van der Waals surface area contributed by atoms with Crippen LogP contribution in [0, 0.1) is 50.4 Å². The lowest BCUT2D eigenvalue weighted by Crippen LogP contribution is -2.24. The van der Waals surface area contributed by atoms with Gasteiger partial charge in [0.05, 0.1) is 18.9 Å². The van der Waals surface area contributed by atoms with Crippen molar-refractivity contribution < 1.29 is 24.2 Å². The number of hydrogen-bond donors (Lipinski definition) is 5. The van der Waals surface area contributed by atoms with E-state index in [1.54, 1.807) is 0 Å². The number of nitrogens with one attached hydrogen (secondary N) is 4. The maximum Gasteiger partial charge on any atom is 0.316 e. The number of fused-ring (bicyclic) bond motifs is 7. The van der Waals surface area contributed by atoms with Gasteiger partial charge < -0.3 is 34.8 Å². The lowest BCUT2D eigenvalue weighted by atomic mass is 9.84. The van der Waals surface area contributed by atoms with Crippen molar-refractivity contribution in [2.24, 2.45) is 29.6 Å². The number of aromatic amines is 3. The summed E-state index contributed by atoms with van der Waals surface area (Å²) in [7, 11) is 1.37. The molecule has 1 aliphatic carbocycles. The molecule has 2 aliphatic heterocycles. The summed E-state index contributed by atoms with van der Waals surface area (Å²) in [6, 6.07) is 0. The van der Waals surface area contributed by atoms with Crippen LogP contribution >= 0.6 is 0 Å². The molecule has 8 bridgehead atoms. The van der Waals surface area contributed by atoms with Gasteiger partial charge in [-0.3, -0.25) is 9.59 Å². The highest BCUT2D eigenvalue weighted by Gasteiger charge is 2.48. The van der Waals surface area contributed by atoms with Crippen molar-refractivity contribution in [3.05, 3.63) is 89.9 Å². The molecular weight excluding hydrogens is 737 g/mol. The Morgan fingerprint density at radius 2 is 1.54 bits per heavy atom. The van der Waals surface area contributed by atoms with Crippen LogP contribution in [0.1, 0.15) is 162 Å². The second kappa shape index (κ2) is 18.8. The van der Waals surface area contributed by atoms with E-state index in [1.807, 2.05) is 13.0 Å². The van der Waals surface area contributed by atoms with Crippen LogP contribution in [-0.4, -0.2) is 45.7 Å². The van der Waals surface area contributed by atoms with Gasteiger partial charge in [0, 0.05) is 68.6 Å². The summed E-state index contributed by atoms with van der Waals surface area (Å²) in [5.41, 5.74) is 13.9. The minimum absolute atomic E-state index is 0.0300. The molecular formula is C50H70N4O5. The molecule has 6 rings (SSSR count). The fourth-order valence-electron chi connectivity index (χ4n) is 9.89. The van der Waals surface area contributed by atoms with Crippen molar-refractivity contribution in [1.82, 2.24) is 20.3 Å². The Morgan fingerprint density at radius 3 is 2.24 bits per heavy atom. The fraction of sp³-hybridized carbons (Fsp3) is 0.560. The molecule has 9 heteroatoms. The van der Waals surface area contributed by atoms with Crippen molar-refractivity contribution >= 4 is 35.7 Å². The Morgan fingerprint density at radius 1 is 0.847 bits per heavy atom. The molecule has 5 atom stereocenters. The standard InChI is InChI=1S/C50H70N4O5/c1-12-34-30(7)37-24-39-32(9)36(20-21-43(55)59-23-22-29(6)19-15-18-28(5)17-14-16-27(3)4)47(53-39)45-46(50(57)58-11)49(56)44-33(10)40(54-48(44)45)26-42-35(13-2)31(8)38(52-42)25-41(34)51-37/h22,24-28,32,36,46,49,51-54,56H,12-21,23H2,1-11H3/b29-22+,38-25-,39-24-,42-26-,47-45-/t28-,32-,36-,46+,49+/m0/s1. The van der Waals surface area contributed by atoms with E-state index in [2.05, 4.69) is 101 Å². The molecule has 0 aromatic carbocycles. The van der Waals surface area contributed by atoms with Gasteiger partial charge in [-0.1, -0.05) is 72.8 Å². The largest absolute Gasteiger partial charge is 0.468 e. The third-order valence-corrected chi connectivity index (χ3v) is 13.6. The van der Waals surface area contributed by atoms with Gasteiger partial charge in [-0.05, 0) is 124 Å². The number of methoxy groups -OCH3 is 1. The molecule has 5 heterocycles. The SMILES string of the molecule is CCc1c2[nH]c(c1C)/C=C1\N/C(=C3\c4[nH]c(c(C)c4[C@@H](O)[C@@H]3C(=O)OC)/C=c3\[nH]/c(c(C)c3CC)=C\2)[C@@H](CCC(=O)OC/C=C(\C)CCC[C@@H](C)CCCC(C)C)[C@@H]1C. The summed E-state index contributed by atoms with van der Waals surface area (Å²) in [4.78, 5) is 38.1. The lowest BCUT2D eigenvalue weighted by molar-refractivity contribution is -0.146. The number of hydrogen-bond acceptors (Lipinski definition) is 6. The van der Waals surface area contributed by atoms with Gasteiger partial charge in [-0.25, -0.2) is 0 Å². The Hall–Kier alpha value is -4.50. The Kier molecular flexibility index (Phi) is 14.1. The van der Waals surface area contributed by atoms with Crippen LogP contribution in [0.25, 0.3) is 23.8 Å². The van der Waals surface area contributed by atoms with Gasteiger partial charge in [0.1, 0.15) is 12.5 Å². The minimum Gasteiger partial charge on any atom is -0.468 e. The molecule has 9 nitrogen and oxygen atoms in total. The first-order valence-electron chi connectivity index (χ1n) is 22.3. The van der Waals surface area contributed by atoms with Crippen molar-refractivity contribution in [2.45, 2.75) is 140 Å². The van der Waals surface area contributed by atoms with Gasteiger partial charge in [-0.15, -0.1) is 0 Å². The predicted octanol–water partition coefficient (Wildman–Crippen LogP) is 9.04. The number of aliphatic hydroxyl groups excluding tert-OH is 1. The number of aliphatic hydroxyl groups is 1. The zero-order valence-electron chi connectivity index (χ0n) is 37.6. The van der Waals surface area contributed by atoms with E-state index in [0.717, 1.165) is 88.0 Å². The minimum atomic E-state index is -1.10. The lowest BCUT2D eigenvalue weighted by Gasteiger charge is -2.21. The Labute approximate surface area is 351 Å². The van der Waals surface area contributed by atoms with Crippen LogP contribution in [0.5, 0.6) is 0 Å². The first kappa shape index (κ1) is 44.1. The number of carbonyl (C=O) groups excluding carboxylic acids is 2. The third kappa shape index (κ3) is 9.15. The van der Waals surface area contributed by atoms with E-state index in [-0.39, 0.29) is 30.8 Å².